The van der Waals surface area contributed by atoms with Gasteiger partial charge in [0.25, 0.3) is 0 Å². The number of halogens is 3. The van der Waals surface area contributed by atoms with Crippen molar-refractivity contribution in [3.8, 4) is 0 Å². The fourth-order valence-electron chi connectivity index (χ4n) is 1.84. The number of hydrogen-bond acceptors (Lipinski definition) is 2. The van der Waals surface area contributed by atoms with Crippen molar-refractivity contribution in [2.45, 2.75) is 13.0 Å². The van der Waals surface area contributed by atoms with Crippen LogP contribution in [-0.2, 0) is 0 Å². The first kappa shape index (κ1) is 13.1. The molecular weight excluding hydrogens is 260 g/mol. The minimum atomic E-state index is -0.620. The molecule has 0 radical (unpaired) electrons. The van der Waals surface area contributed by atoms with Crippen molar-refractivity contribution in [1.82, 2.24) is 5.32 Å². The van der Waals surface area contributed by atoms with Crippen LogP contribution in [0.4, 0.5) is 8.78 Å². The zero-order chi connectivity index (χ0) is 13.3. The van der Waals surface area contributed by atoms with Gasteiger partial charge in [-0.05, 0) is 49.3 Å². The first-order valence-electron chi connectivity index (χ1n) is 5.41. The third-order valence-electron chi connectivity index (χ3n) is 2.76. The SMILES string of the molecule is CNC(c1ccc(Cl)o1)c1cc(C)c(F)cc1F. The van der Waals surface area contributed by atoms with Gasteiger partial charge in [0.2, 0.25) is 0 Å². The highest BCUT2D eigenvalue weighted by molar-refractivity contribution is 6.28. The van der Waals surface area contributed by atoms with E-state index in [-0.39, 0.29) is 5.22 Å². The van der Waals surface area contributed by atoms with Gasteiger partial charge in [0.15, 0.2) is 5.22 Å². The molecule has 1 N–H and O–H groups in total. The summed E-state index contributed by atoms with van der Waals surface area (Å²) in [6, 6.07) is 5.07. The van der Waals surface area contributed by atoms with E-state index < -0.39 is 17.7 Å². The van der Waals surface area contributed by atoms with E-state index in [1.807, 2.05) is 0 Å². The predicted octanol–water partition coefficient (Wildman–Crippen LogP) is 3.83. The van der Waals surface area contributed by atoms with Crippen molar-refractivity contribution in [1.29, 1.82) is 0 Å². The fraction of sp³-hybridized carbons (Fsp3) is 0.231. The number of nitrogens with one attached hydrogen (secondary N) is 1. The van der Waals surface area contributed by atoms with Crippen molar-refractivity contribution in [3.63, 3.8) is 0 Å². The van der Waals surface area contributed by atoms with Gasteiger partial charge in [-0.25, -0.2) is 8.78 Å². The molecule has 0 amide bonds. The molecule has 2 nitrogen and oxygen atoms in total. The van der Waals surface area contributed by atoms with Crippen molar-refractivity contribution in [2.75, 3.05) is 7.05 Å². The summed E-state index contributed by atoms with van der Waals surface area (Å²) in [5.41, 5.74) is 0.701. The summed E-state index contributed by atoms with van der Waals surface area (Å²) < 4.78 is 32.3. The summed E-state index contributed by atoms with van der Waals surface area (Å²) in [7, 11) is 1.67. The second-order valence-corrected chi connectivity index (χ2v) is 4.36. The van der Waals surface area contributed by atoms with Crippen LogP contribution in [-0.4, -0.2) is 7.05 Å². The third-order valence-corrected chi connectivity index (χ3v) is 2.96. The van der Waals surface area contributed by atoms with Crippen LogP contribution in [0.3, 0.4) is 0 Å². The van der Waals surface area contributed by atoms with Gasteiger partial charge >= 0.3 is 0 Å². The van der Waals surface area contributed by atoms with Gasteiger partial charge in [0, 0.05) is 11.6 Å². The standard InChI is InChI=1S/C13H12ClF2NO/c1-7-5-8(10(16)6-9(7)15)13(17-2)11-3-4-12(14)18-11/h3-6,13,17H,1-2H3. The van der Waals surface area contributed by atoms with E-state index in [2.05, 4.69) is 5.32 Å². The number of rotatable bonds is 3. The largest absolute Gasteiger partial charge is 0.448 e. The van der Waals surface area contributed by atoms with E-state index in [1.54, 1.807) is 26.1 Å². The average molecular weight is 272 g/mol. The van der Waals surface area contributed by atoms with Gasteiger partial charge in [-0.15, -0.1) is 0 Å². The Morgan fingerprint density at radius 2 is 1.94 bits per heavy atom. The van der Waals surface area contributed by atoms with Crippen molar-refractivity contribution in [3.05, 3.63) is 58.0 Å². The Morgan fingerprint density at radius 3 is 2.50 bits per heavy atom. The third kappa shape index (κ3) is 2.40. The molecule has 2 rings (SSSR count). The van der Waals surface area contributed by atoms with Gasteiger partial charge < -0.3 is 9.73 Å². The Kier molecular flexibility index (Phi) is 3.68. The molecule has 0 saturated heterocycles. The van der Waals surface area contributed by atoms with Crippen molar-refractivity contribution in [2.24, 2.45) is 0 Å². The molecule has 18 heavy (non-hydrogen) atoms. The number of aryl methyl sites for hydroxylation is 1. The van der Waals surface area contributed by atoms with E-state index in [1.165, 1.54) is 6.07 Å². The second kappa shape index (κ2) is 5.08. The van der Waals surface area contributed by atoms with Gasteiger partial charge in [0.05, 0.1) is 6.04 Å². The lowest BCUT2D eigenvalue weighted by atomic mass is 10.0. The Bertz CT molecular complexity index is 568. The summed E-state index contributed by atoms with van der Waals surface area (Å²) in [5, 5.41) is 3.15. The van der Waals surface area contributed by atoms with Gasteiger partial charge in [-0.2, -0.15) is 0 Å². The van der Waals surface area contributed by atoms with Crippen LogP contribution in [0.25, 0.3) is 0 Å². The Hall–Kier alpha value is -1.39. The lowest BCUT2D eigenvalue weighted by Gasteiger charge is -2.15. The van der Waals surface area contributed by atoms with Gasteiger partial charge in [-0.1, -0.05) is 0 Å². The summed E-state index contributed by atoms with van der Waals surface area (Å²) >= 11 is 5.70. The topological polar surface area (TPSA) is 25.2 Å². The minimum Gasteiger partial charge on any atom is -0.448 e. The molecule has 0 bridgehead atoms. The second-order valence-electron chi connectivity index (χ2n) is 3.99. The highest BCUT2D eigenvalue weighted by Crippen LogP contribution is 2.28. The molecule has 0 aliphatic carbocycles. The first-order chi connectivity index (χ1) is 8.52. The van der Waals surface area contributed by atoms with Gasteiger partial charge in [0.1, 0.15) is 17.4 Å². The zero-order valence-corrected chi connectivity index (χ0v) is 10.7. The molecule has 0 spiro atoms. The Morgan fingerprint density at radius 1 is 1.22 bits per heavy atom. The molecule has 5 heteroatoms. The van der Waals surface area contributed by atoms with Crippen molar-refractivity contribution >= 4 is 11.6 Å². The van der Waals surface area contributed by atoms with E-state index in [4.69, 9.17) is 16.0 Å². The quantitative estimate of drug-likeness (QED) is 0.918. The maximum atomic E-state index is 13.8. The predicted molar refractivity (Wildman–Crippen MR) is 65.7 cm³/mol. The fourth-order valence-corrected chi connectivity index (χ4v) is 1.99. The normalized spacial score (nSPS) is 12.7. The van der Waals surface area contributed by atoms with E-state index in [0.717, 1.165) is 6.07 Å². The lowest BCUT2D eigenvalue weighted by molar-refractivity contribution is 0.452. The number of hydrogen-bond donors (Lipinski definition) is 1. The first-order valence-corrected chi connectivity index (χ1v) is 5.78. The molecule has 0 saturated carbocycles. The molecule has 0 fully saturated rings. The molecule has 0 aliphatic rings. The van der Waals surface area contributed by atoms with Crippen LogP contribution in [0.2, 0.25) is 5.22 Å². The molecule has 1 aromatic carbocycles. The highest BCUT2D eigenvalue weighted by Gasteiger charge is 2.20. The van der Waals surface area contributed by atoms with Gasteiger partial charge in [-0.3, -0.25) is 0 Å². The molecule has 1 aromatic heterocycles. The van der Waals surface area contributed by atoms with Crippen LogP contribution in [0.5, 0.6) is 0 Å². The van der Waals surface area contributed by atoms with Crippen LogP contribution >= 0.6 is 11.6 Å². The van der Waals surface area contributed by atoms with Crippen LogP contribution < -0.4 is 5.32 Å². The summed E-state index contributed by atoms with van der Waals surface area (Å²) in [5.74, 6) is -0.707. The minimum absolute atomic E-state index is 0.226. The lowest BCUT2D eigenvalue weighted by Crippen LogP contribution is -2.18. The molecular formula is C13H12ClF2NO. The molecule has 2 aromatic rings. The Balaban J connectivity index is 2.48. The van der Waals surface area contributed by atoms with E-state index in [9.17, 15) is 8.78 Å². The van der Waals surface area contributed by atoms with E-state index in [0.29, 0.717) is 16.9 Å². The maximum absolute atomic E-state index is 13.8. The van der Waals surface area contributed by atoms with E-state index >= 15 is 0 Å². The van der Waals surface area contributed by atoms with Crippen LogP contribution in [0, 0.1) is 18.6 Å². The highest BCUT2D eigenvalue weighted by atomic mass is 35.5. The summed E-state index contributed by atoms with van der Waals surface area (Å²) in [6.45, 7) is 1.58. The zero-order valence-electron chi connectivity index (χ0n) is 9.93. The smallest absolute Gasteiger partial charge is 0.193 e. The average Bonchev–Trinajstić information content (AvgIpc) is 2.73. The maximum Gasteiger partial charge on any atom is 0.193 e. The molecule has 1 heterocycles. The number of furan rings is 1. The molecule has 1 unspecified atom stereocenters. The molecule has 96 valence electrons. The summed E-state index contributed by atoms with van der Waals surface area (Å²) in [6.07, 6.45) is 0. The molecule has 0 aliphatic heterocycles. The Labute approximate surface area is 109 Å². The van der Waals surface area contributed by atoms with Crippen LogP contribution in [0.15, 0.2) is 28.7 Å². The monoisotopic (exact) mass is 271 g/mol. The molecule has 1 atom stereocenters. The number of benzene rings is 1. The van der Waals surface area contributed by atoms with Crippen LogP contribution in [0.1, 0.15) is 22.9 Å². The summed E-state index contributed by atoms with van der Waals surface area (Å²) in [4.78, 5) is 0. The van der Waals surface area contributed by atoms with Crippen molar-refractivity contribution < 1.29 is 13.2 Å².